The number of benzene rings is 2. The summed E-state index contributed by atoms with van der Waals surface area (Å²) in [6, 6.07) is 15.2. The number of methoxy groups -OCH3 is 2. The van der Waals surface area contributed by atoms with Crippen molar-refractivity contribution in [3.05, 3.63) is 77.5 Å². The second-order valence-electron chi connectivity index (χ2n) is 7.11. The molecule has 1 heterocycles. The first-order valence-corrected chi connectivity index (χ1v) is 10.3. The lowest BCUT2D eigenvalue weighted by molar-refractivity contribution is -0.133. The van der Waals surface area contributed by atoms with E-state index >= 15 is 4.39 Å². The Morgan fingerprint density at radius 1 is 0.824 bits per heavy atom. The van der Waals surface area contributed by atoms with E-state index in [2.05, 4.69) is 9.72 Å². The SMILES string of the molecule is COc1ccc(CN(Cc2ccc(OC)cc2)c2nc(F)c(OCCOC(F)F)cc2F)cc1. The summed E-state index contributed by atoms with van der Waals surface area (Å²) in [5.41, 5.74) is 1.64. The smallest absolute Gasteiger partial charge is 0.345 e. The molecule has 0 N–H and O–H groups in total. The summed E-state index contributed by atoms with van der Waals surface area (Å²) in [5.74, 6) is -1.28. The Morgan fingerprint density at radius 3 is 1.82 bits per heavy atom. The van der Waals surface area contributed by atoms with Gasteiger partial charge in [-0.1, -0.05) is 24.3 Å². The van der Waals surface area contributed by atoms with Crippen molar-refractivity contribution in [1.29, 1.82) is 0 Å². The van der Waals surface area contributed by atoms with Gasteiger partial charge in [-0.15, -0.1) is 0 Å². The molecule has 0 aliphatic heterocycles. The first-order chi connectivity index (χ1) is 16.4. The van der Waals surface area contributed by atoms with Gasteiger partial charge in [0.1, 0.15) is 18.1 Å². The molecule has 3 aromatic rings. The largest absolute Gasteiger partial charge is 0.497 e. The molecule has 0 atom stereocenters. The number of ether oxygens (including phenoxy) is 4. The van der Waals surface area contributed by atoms with Gasteiger partial charge in [0.05, 0.1) is 20.8 Å². The Bertz CT molecular complexity index is 1000. The fraction of sp³-hybridized carbons (Fsp3) is 0.292. The molecule has 1 aromatic heterocycles. The van der Waals surface area contributed by atoms with Crippen LogP contribution in [0.1, 0.15) is 11.1 Å². The Kier molecular flexibility index (Phi) is 8.92. The highest BCUT2D eigenvalue weighted by Crippen LogP contribution is 2.28. The fourth-order valence-corrected chi connectivity index (χ4v) is 3.16. The first-order valence-electron chi connectivity index (χ1n) is 10.3. The number of anilines is 1. The van der Waals surface area contributed by atoms with Crippen LogP contribution >= 0.6 is 0 Å². The lowest BCUT2D eigenvalue weighted by atomic mass is 10.1. The maximum atomic E-state index is 15.0. The predicted molar refractivity (Wildman–Crippen MR) is 117 cm³/mol. The summed E-state index contributed by atoms with van der Waals surface area (Å²) in [7, 11) is 3.10. The topological polar surface area (TPSA) is 53.1 Å². The van der Waals surface area contributed by atoms with Crippen molar-refractivity contribution >= 4 is 5.82 Å². The highest BCUT2D eigenvalue weighted by atomic mass is 19.3. The van der Waals surface area contributed by atoms with E-state index in [9.17, 15) is 13.2 Å². The van der Waals surface area contributed by atoms with Gasteiger partial charge < -0.3 is 23.8 Å². The second kappa shape index (κ2) is 12.1. The third-order valence-electron chi connectivity index (χ3n) is 4.83. The Hall–Kier alpha value is -3.53. The van der Waals surface area contributed by atoms with Gasteiger partial charge in [0, 0.05) is 19.2 Å². The van der Waals surface area contributed by atoms with Crippen LogP contribution in [0.4, 0.5) is 23.4 Å². The van der Waals surface area contributed by atoms with Crippen LogP contribution < -0.4 is 19.1 Å². The van der Waals surface area contributed by atoms with Crippen molar-refractivity contribution < 1.29 is 36.5 Å². The third kappa shape index (κ3) is 6.98. The molecule has 0 spiro atoms. The molecule has 0 aliphatic rings. The van der Waals surface area contributed by atoms with E-state index in [4.69, 9.17) is 14.2 Å². The molecule has 10 heteroatoms. The average Bonchev–Trinajstić information content (AvgIpc) is 2.84. The Labute approximate surface area is 194 Å². The van der Waals surface area contributed by atoms with Crippen molar-refractivity contribution in [1.82, 2.24) is 4.98 Å². The van der Waals surface area contributed by atoms with Gasteiger partial charge in [-0.05, 0) is 35.4 Å². The first kappa shape index (κ1) is 25.1. The molecule has 0 radical (unpaired) electrons. The van der Waals surface area contributed by atoms with Gasteiger partial charge in [0.25, 0.3) is 5.95 Å². The van der Waals surface area contributed by atoms with Crippen LogP contribution in [0.15, 0.2) is 54.6 Å². The molecule has 6 nitrogen and oxygen atoms in total. The van der Waals surface area contributed by atoms with Crippen molar-refractivity contribution in [3.63, 3.8) is 0 Å². The molecule has 0 unspecified atom stereocenters. The van der Waals surface area contributed by atoms with Crippen LogP contribution in [0.25, 0.3) is 0 Å². The van der Waals surface area contributed by atoms with Crippen LogP contribution in [-0.4, -0.2) is 39.0 Å². The zero-order chi connectivity index (χ0) is 24.5. The van der Waals surface area contributed by atoms with E-state index in [1.807, 2.05) is 24.3 Å². The van der Waals surface area contributed by atoms with Crippen LogP contribution in [0.2, 0.25) is 0 Å². The van der Waals surface area contributed by atoms with Crippen molar-refractivity contribution in [2.75, 3.05) is 32.3 Å². The minimum Gasteiger partial charge on any atom is -0.497 e. The lowest BCUT2D eigenvalue weighted by Crippen LogP contribution is -2.25. The number of aromatic nitrogens is 1. The summed E-state index contributed by atoms with van der Waals surface area (Å²) in [6.45, 7) is -3.40. The molecular formula is C24H24F4N2O4. The Balaban J connectivity index is 1.85. The van der Waals surface area contributed by atoms with Crippen molar-refractivity contribution in [2.45, 2.75) is 19.7 Å². The van der Waals surface area contributed by atoms with Crippen LogP contribution in [0.5, 0.6) is 17.2 Å². The van der Waals surface area contributed by atoms with E-state index in [1.54, 1.807) is 43.4 Å². The number of rotatable bonds is 12. The highest BCUT2D eigenvalue weighted by Gasteiger charge is 2.20. The summed E-state index contributed by atoms with van der Waals surface area (Å²) in [5, 5.41) is 0. The minimum absolute atomic E-state index is 0.222. The average molecular weight is 480 g/mol. The molecule has 0 amide bonds. The molecule has 0 aliphatic carbocycles. The fourth-order valence-electron chi connectivity index (χ4n) is 3.16. The summed E-state index contributed by atoms with van der Waals surface area (Å²) in [6.07, 6.45) is 0. The number of nitrogens with zero attached hydrogens (tertiary/aromatic N) is 2. The highest BCUT2D eigenvalue weighted by molar-refractivity contribution is 5.45. The van der Waals surface area contributed by atoms with Crippen LogP contribution in [0.3, 0.4) is 0 Å². The maximum absolute atomic E-state index is 15.0. The number of alkyl halides is 2. The molecule has 0 fully saturated rings. The monoisotopic (exact) mass is 480 g/mol. The number of hydrogen-bond donors (Lipinski definition) is 0. The van der Waals surface area contributed by atoms with E-state index in [1.165, 1.54) is 0 Å². The molecular weight excluding hydrogens is 456 g/mol. The lowest BCUT2D eigenvalue weighted by Gasteiger charge is -2.25. The molecule has 0 saturated carbocycles. The quantitative estimate of drug-likeness (QED) is 0.202. The molecule has 0 saturated heterocycles. The van der Waals surface area contributed by atoms with Crippen molar-refractivity contribution in [2.24, 2.45) is 0 Å². The maximum Gasteiger partial charge on any atom is 0.345 e. The van der Waals surface area contributed by atoms with Gasteiger partial charge in [-0.25, -0.2) is 4.39 Å². The van der Waals surface area contributed by atoms with Gasteiger partial charge in [0.2, 0.25) is 0 Å². The van der Waals surface area contributed by atoms with Gasteiger partial charge >= 0.3 is 6.61 Å². The van der Waals surface area contributed by atoms with E-state index in [0.29, 0.717) is 11.5 Å². The van der Waals surface area contributed by atoms with Gasteiger partial charge in [0.15, 0.2) is 17.4 Å². The second-order valence-corrected chi connectivity index (χ2v) is 7.11. The summed E-state index contributed by atoms with van der Waals surface area (Å²) in [4.78, 5) is 5.34. The third-order valence-corrected chi connectivity index (χ3v) is 4.83. The molecule has 34 heavy (non-hydrogen) atoms. The van der Waals surface area contributed by atoms with Gasteiger partial charge in [-0.2, -0.15) is 18.2 Å². The summed E-state index contributed by atoms with van der Waals surface area (Å²) >= 11 is 0. The minimum atomic E-state index is -2.98. The van der Waals surface area contributed by atoms with Crippen LogP contribution in [-0.2, 0) is 17.8 Å². The molecule has 182 valence electrons. The number of pyridine rings is 1. The van der Waals surface area contributed by atoms with Crippen molar-refractivity contribution in [3.8, 4) is 17.2 Å². The Morgan fingerprint density at radius 2 is 1.35 bits per heavy atom. The number of hydrogen-bond acceptors (Lipinski definition) is 6. The van der Waals surface area contributed by atoms with E-state index in [-0.39, 0.29) is 25.5 Å². The predicted octanol–water partition coefficient (Wildman–Crippen LogP) is 5.20. The zero-order valence-corrected chi connectivity index (χ0v) is 18.6. The van der Waals surface area contributed by atoms with E-state index in [0.717, 1.165) is 17.2 Å². The molecule has 0 bridgehead atoms. The van der Waals surface area contributed by atoms with E-state index < -0.39 is 30.7 Å². The summed E-state index contributed by atoms with van der Waals surface area (Å²) < 4.78 is 73.1. The molecule has 2 aromatic carbocycles. The number of halogens is 4. The zero-order valence-electron chi connectivity index (χ0n) is 18.6. The van der Waals surface area contributed by atoms with Gasteiger partial charge in [-0.3, -0.25) is 0 Å². The van der Waals surface area contributed by atoms with Crippen LogP contribution in [0, 0.1) is 11.8 Å². The molecule has 3 rings (SSSR count). The standard InChI is InChI=1S/C24H24F4N2O4/c1-31-18-7-3-16(4-8-18)14-30(15-17-5-9-19(32-2)10-6-17)23-20(25)13-21(22(26)29-23)33-11-12-34-24(27)28/h3-10,13,24H,11-12,14-15H2,1-2H3. The normalized spacial score (nSPS) is 10.9.